The van der Waals surface area contributed by atoms with E-state index in [1.165, 1.54) is 20.3 Å². The van der Waals surface area contributed by atoms with Crippen molar-refractivity contribution in [2.75, 3.05) is 20.8 Å². The molecule has 0 radical (unpaired) electrons. The van der Waals surface area contributed by atoms with Gasteiger partial charge in [0.25, 0.3) is 0 Å². The summed E-state index contributed by atoms with van der Waals surface area (Å²) < 4.78 is 14.8. The summed E-state index contributed by atoms with van der Waals surface area (Å²) in [4.78, 5) is 11.3. The van der Waals surface area contributed by atoms with Crippen molar-refractivity contribution in [3.63, 3.8) is 0 Å². The fourth-order valence-corrected chi connectivity index (χ4v) is 1.42. The highest BCUT2D eigenvalue weighted by atomic mass is 16.5. The first kappa shape index (κ1) is 15.1. The summed E-state index contributed by atoms with van der Waals surface area (Å²) in [5.41, 5.74) is 0.452. The van der Waals surface area contributed by atoms with Crippen molar-refractivity contribution >= 4 is 12.0 Å². The van der Waals surface area contributed by atoms with Gasteiger partial charge in [0.1, 0.15) is 17.7 Å². The van der Waals surface area contributed by atoms with Crippen LogP contribution in [-0.2, 0) is 9.53 Å². The van der Waals surface area contributed by atoms with Crippen molar-refractivity contribution in [2.24, 2.45) is 0 Å². The molecular weight excluding hydrogens is 260 g/mol. The molecule has 0 amide bonds. The minimum absolute atomic E-state index is 0.100. The van der Waals surface area contributed by atoms with Gasteiger partial charge in [0.15, 0.2) is 18.1 Å². The maximum Gasteiger partial charge on any atom is 0.348 e. The molecule has 0 saturated heterocycles. The molecule has 0 fully saturated rings. The lowest BCUT2D eigenvalue weighted by atomic mass is 10.1. The Balaban J connectivity index is 3.10. The average Bonchev–Trinajstić information content (AvgIpc) is 2.50. The van der Waals surface area contributed by atoms with E-state index in [2.05, 4.69) is 4.74 Å². The first-order valence-electron chi connectivity index (χ1n) is 5.54. The lowest BCUT2D eigenvalue weighted by molar-refractivity contribution is -0.135. The molecule has 0 atom stereocenters. The van der Waals surface area contributed by atoms with Gasteiger partial charge in [0.05, 0.1) is 14.2 Å². The number of methoxy groups -OCH3 is 2. The Morgan fingerprint density at radius 3 is 2.60 bits per heavy atom. The highest BCUT2D eigenvalue weighted by Gasteiger charge is 2.10. The monoisotopic (exact) mass is 272 g/mol. The molecule has 20 heavy (non-hydrogen) atoms. The predicted octanol–water partition coefficient (Wildman–Crippen LogP) is 1.68. The summed E-state index contributed by atoms with van der Waals surface area (Å²) in [7, 11) is 2.65. The van der Waals surface area contributed by atoms with Crippen LogP contribution in [0.3, 0.4) is 0 Å². The van der Waals surface area contributed by atoms with Crippen LogP contribution in [0.5, 0.6) is 11.5 Å². The second-order valence-electron chi connectivity index (χ2n) is 3.52. The maximum atomic E-state index is 11.3. The number of benzene rings is 1. The van der Waals surface area contributed by atoms with E-state index in [0.29, 0.717) is 17.1 Å². The van der Waals surface area contributed by atoms with Gasteiger partial charge in [-0.25, -0.2) is 4.79 Å². The number of hydrogen-bond acceptors (Lipinski definition) is 6. The number of carbonyl (C=O) groups excluding carboxylic acids is 1. The largest absolute Gasteiger partial charge is 0.493 e. The van der Waals surface area contributed by atoms with Crippen molar-refractivity contribution in [2.45, 2.75) is 0 Å². The Kier molecular flexibility index (Phi) is 5.61. The van der Waals surface area contributed by atoms with Crippen LogP contribution in [0, 0.1) is 22.7 Å². The summed E-state index contributed by atoms with van der Waals surface area (Å²) in [5.74, 6) is 0.0928. The van der Waals surface area contributed by atoms with Crippen LogP contribution < -0.4 is 9.47 Å². The number of carbonyl (C=O) groups is 1. The van der Waals surface area contributed by atoms with E-state index >= 15 is 0 Å². The smallest absolute Gasteiger partial charge is 0.348 e. The van der Waals surface area contributed by atoms with Gasteiger partial charge in [-0.15, -0.1) is 0 Å². The maximum absolute atomic E-state index is 11.3. The van der Waals surface area contributed by atoms with Crippen LogP contribution in [0.15, 0.2) is 23.8 Å². The van der Waals surface area contributed by atoms with Crippen LogP contribution in [-0.4, -0.2) is 26.8 Å². The molecule has 0 bridgehead atoms. The molecule has 0 heterocycles. The molecule has 0 aliphatic heterocycles. The molecule has 0 spiro atoms. The van der Waals surface area contributed by atoms with Crippen LogP contribution in [0.4, 0.5) is 0 Å². The highest BCUT2D eigenvalue weighted by Crippen LogP contribution is 2.28. The van der Waals surface area contributed by atoms with Crippen molar-refractivity contribution in [1.82, 2.24) is 0 Å². The standard InChI is InChI=1S/C14H12N2O4/c1-18-13-8-10(3-4-12(13)20-6-5-15)7-11(9-16)14(17)19-2/h3-4,7-8H,6H2,1-2H3/b11-7+. The minimum atomic E-state index is -0.712. The first-order chi connectivity index (χ1) is 9.65. The van der Waals surface area contributed by atoms with E-state index in [4.69, 9.17) is 20.0 Å². The lowest BCUT2D eigenvalue weighted by Gasteiger charge is -2.09. The molecule has 6 nitrogen and oxygen atoms in total. The quantitative estimate of drug-likeness (QED) is 0.460. The molecule has 1 aromatic rings. The highest BCUT2D eigenvalue weighted by molar-refractivity contribution is 5.97. The van der Waals surface area contributed by atoms with Crippen molar-refractivity contribution in [3.05, 3.63) is 29.3 Å². The molecule has 0 unspecified atom stereocenters. The Labute approximate surface area is 116 Å². The Morgan fingerprint density at radius 2 is 2.05 bits per heavy atom. The van der Waals surface area contributed by atoms with E-state index in [1.54, 1.807) is 24.3 Å². The first-order valence-corrected chi connectivity index (χ1v) is 5.54. The van der Waals surface area contributed by atoms with E-state index in [-0.39, 0.29) is 12.2 Å². The molecule has 1 rings (SSSR count). The lowest BCUT2D eigenvalue weighted by Crippen LogP contribution is -2.02. The fraction of sp³-hybridized carbons (Fsp3) is 0.214. The summed E-state index contributed by atoms with van der Waals surface area (Å²) in [5, 5.41) is 17.3. The summed E-state index contributed by atoms with van der Waals surface area (Å²) in [6.45, 7) is -0.100. The van der Waals surface area contributed by atoms with Crippen molar-refractivity contribution < 1.29 is 19.0 Å². The molecule has 1 aromatic carbocycles. The number of nitrogens with zero attached hydrogens (tertiary/aromatic N) is 2. The van der Waals surface area contributed by atoms with Gasteiger partial charge in [-0.1, -0.05) is 6.07 Å². The third kappa shape index (κ3) is 3.76. The number of nitriles is 2. The van der Waals surface area contributed by atoms with E-state index in [9.17, 15) is 4.79 Å². The average molecular weight is 272 g/mol. The van der Waals surface area contributed by atoms with Gasteiger partial charge in [0.2, 0.25) is 0 Å². The minimum Gasteiger partial charge on any atom is -0.493 e. The molecule has 0 aliphatic carbocycles. The molecule has 102 valence electrons. The van der Waals surface area contributed by atoms with E-state index in [0.717, 1.165) is 0 Å². The summed E-state index contributed by atoms with van der Waals surface area (Å²) in [6, 6.07) is 8.43. The topological polar surface area (TPSA) is 92.3 Å². The predicted molar refractivity (Wildman–Crippen MR) is 69.7 cm³/mol. The van der Waals surface area contributed by atoms with E-state index in [1.807, 2.05) is 6.07 Å². The Bertz CT molecular complexity index is 609. The van der Waals surface area contributed by atoms with Gasteiger partial charge in [0, 0.05) is 0 Å². The van der Waals surface area contributed by atoms with Crippen molar-refractivity contribution in [3.8, 4) is 23.6 Å². The van der Waals surface area contributed by atoms with Crippen LogP contribution in [0.1, 0.15) is 5.56 Å². The molecule has 6 heteroatoms. The van der Waals surface area contributed by atoms with Crippen LogP contribution in [0.25, 0.3) is 6.08 Å². The van der Waals surface area contributed by atoms with Gasteiger partial charge < -0.3 is 14.2 Å². The Morgan fingerprint density at radius 1 is 1.30 bits per heavy atom. The van der Waals surface area contributed by atoms with Gasteiger partial charge >= 0.3 is 5.97 Å². The summed E-state index contributed by atoms with van der Waals surface area (Å²) >= 11 is 0. The van der Waals surface area contributed by atoms with Gasteiger partial charge in [-0.3, -0.25) is 0 Å². The van der Waals surface area contributed by atoms with Gasteiger partial charge in [-0.05, 0) is 23.8 Å². The number of esters is 1. The van der Waals surface area contributed by atoms with Crippen LogP contribution in [0.2, 0.25) is 0 Å². The zero-order valence-electron chi connectivity index (χ0n) is 11.0. The molecular formula is C14H12N2O4. The molecule has 0 aromatic heterocycles. The second-order valence-corrected chi connectivity index (χ2v) is 3.52. The van der Waals surface area contributed by atoms with Crippen LogP contribution >= 0.6 is 0 Å². The SMILES string of the molecule is COC(=O)/C(C#N)=C/c1ccc(OCC#N)c(OC)c1. The third-order valence-corrected chi connectivity index (χ3v) is 2.32. The normalized spacial score (nSPS) is 10.1. The van der Waals surface area contributed by atoms with Gasteiger partial charge in [-0.2, -0.15) is 10.5 Å². The molecule has 0 N–H and O–H groups in total. The molecule has 0 aliphatic rings. The third-order valence-electron chi connectivity index (χ3n) is 2.32. The second kappa shape index (κ2) is 7.45. The Hall–Kier alpha value is -2.99. The zero-order valence-corrected chi connectivity index (χ0v) is 11.0. The molecule has 0 saturated carbocycles. The summed E-state index contributed by atoms with van der Waals surface area (Å²) in [6.07, 6.45) is 1.38. The number of hydrogen-bond donors (Lipinski definition) is 0. The zero-order chi connectivity index (χ0) is 15.0. The van der Waals surface area contributed by atoms with E-state index < -0.39 is 5.97 Å². The number of rotatable bonds is 5. The fourth-order valence-electron chi connectivity index (χ4n) is 1.42. The van der Waals surface area contributed by atoms with Crippen molar-refractivity contribution in [1.29, 1.82) is 10.5 Å². The number of ether oxygens (including phenoxy) is 3.